The summed E-state index contributed by atoms with van der Waals surface area (Å²) in [5.74, 6) is 1.91. The highest BCUT2D eigenvalue weighted by Gasteiger charge is 2.17. The van der Waals surface area contributed by atoms with Gasteiger partial charge in [-0.1, -0.05) is 17.5 Å². The SMILES string of the molecule is C#CCNC(=O)CCNC(=O)c1cc(Cl)c(-n2cnnn2)cc1OC. The third-order valence-corrected chi connectivity index (χ3v) is 3.44. The van der Waals surface area contributed by atoms with Crippen LogP contribution < -0.4 is 15.4 Å². The van der Waals surface area contributed by atoms with Gasteiger partial charge in [0.25, 0.3) is 5.91 Å². The van der Waals surface area contributed by atoms with Gasteiger partial charge in [-0.3, -0.25) is 9.59 Å². The van der Waals surface area contributed by atoms with Crippen molar-refractivity contribution in [2.24, 2.45) is 0 Å². The Morgan fingerprint density at radius 3 is 2.84 bits per heavy atom. The lowest BCUT2D eigenvalue weighted by atomic mass is 10.1. The summed E-state index contributed by atoms with van der Waals surface area (Å²) >= 11 is 6.20. The highest BCUT2D eigenvalue weighted by atomic mass is 35.5. The van der Waals surface area contributed by atoms with Crippen molar-refractivity contribution in [3.05, 3.63) is 29.0 Å². The molecule has 0 aliphatic heterocycles. The molecule has 10 heteroatoms. The van der Waals surface area contributed by atoms with Gasteiger partial charge in [0.05, 0.1) is 29.9 Å². The minimum absolute atomic E-state index is 0.103. The van der Waals surface area contributed by atoms with Gasteiger partial charge in [0.2, 0.25) is 5.91 Å². The molecule has 2 N–H and O–H groups in total. The van der Waals surface area contributed by atoms with E-state index in [1.54, 1.807) is 6.07 Å². The maximum absolute atomic E-state index is 12.3. The zero-order valence-corrected chi connectivity index (χ0v) is 14.1. The van der Waals surface area contributed by atoms with Crippen LogP contribution in [0.2, 0.25) is 5.02 Å². The smallest absolute Gasteiger partial charge is 0.255 e. The van der Waals surface area contributed by atoms with Crippen LogP contribution in [0.3, 0.4) is 0 Å². The molecule has 0 radical (unpaired) electrons. The molecule has 0 fully saturated rings. The molecule has 9 nitrogen and oxygen atoms in total. The first-order chi connectivity index (χ1) is 12.1. The number of nitrogens with one attached hydrogen (secondary N) is 2. The molecule has 2 rings (SSSR count). The van der Waals surface area contributed by atoms with Crippen LogP contribution in [-0.4, -0.2) is 52.2 Å². The highest BCUT2D eigenvalue weighted by molar-refractivity contribution is 6.33. The van der Waals surface area contributed by atoms with Crippen LogP contribution in [0.4, 0.5) is 0 Å². The minimum atomic E-state index is -0.424. The standard InChI is InChI=1S/C15H15ClN6O3/c1-3-5-17-14(23)4-6-18-15(24)10-7-11(16)12(8-13(10)25-2)22-9-19-20-21-22/h1,7-9H,4-6H2,2H3,(H,17,23)(H,18,24). The van der Waals surface area contributed by atoms with E-state index in [2.05, 4.69) is 32.1 Å². The Labute approximate surface area is 148 Å². The van der Waals surface area contributed by atoms with E-state index in [9.17, 15) is 9.59 Å². The van der Waals surface area contributed by atoms with Gasteiger partial charge in [-0.25, -0.2) is 0 Å². The molecule has 2 aromatic rings. The third kappa shape index (κ3) is 4.68. The quantitative estimate of drug-likeness (QED) is 0.680. The number of benzene rings is 1. The molecular weight excluding hydrogens is 348 g/mol. The van der Waals surface area contributed by atoms with E-state index >= 15 is 0 Å². The normalized spacial score (nSPS) is 9.96. The van der Waals surface area contributed by atoms with Gasteiger partial charge < -0.3 is 15.4 Å². The summed E-state index contributed by atoms with van der Waals surface area (Å²) in [6, 6.07) is 3.00. The van der Waals surface area contributed by atoms with Gasteiger partial charge in [-0.05, 0) is 16.5 Å². The zero-order chi connectivity index (χ0) is 18.2. The number of ether oxygens (including phenoxy) is 1. The average molecular weight is 363 g/mol. The molecule has 1 aromatic carbocycles. The fourth-order valence-electron chi connectivity index (χ4n) is 1.96. The van der Waals surface area contributed by atoms with Crippen LogP contribution in [0.1, 0.15) is 16.8 Å². The number of terminal acetylenes is 1. The molecule has 0 saturated heterocycles. The Bertz CT molecular complexity index is 800. The first-order valence-electron chi connectivity index (χ1n) is 7.16. The molecule has 1 aromatic heterocycles. The van der Waals surface area contributed by atoms with Crippen LogP contribution in [0.5, 0.6) is 5.75 Å². The van der Waals surface area contributed by atoms with E-state index in [0.717, 1.165) is 0 Å². The Balaban J connectivity index is 2.08. The molecule has 2 amide bonds. The van der Waals surface area contributed by atoms with E-state index in [0.29, 0.717) is 11.4 Å². The summed E-state index contributed by atoms with van der Waals surface area (Å²) in [7, 11) is 1.43. The Morgan fingerprint density at radius 2 is 2.20 bits per heavy atom. The largest absolute Gasteiger partial charge is 0.496 e. The first kappa shape index (κ1) is 18.2. The molecule has 0 unspecified atom stereocenters. The van der Waals surface area contributed by atoms with E-state index in [4.69, 9.17) is 22.8 Å². The van der Waals surface area contributed by atoms with Crippen molar-refractivity contribution in [1.82, 2.24) is 30.8 Å². The van der Waals surface area contributed by atoms with Crippen LogP contribution >= 0.6 is 11.6 Å². The second kappa shape index (κ2) is 8.65. The fraction of sp³-hybridized carbons (Fsp3) is 0.267. The number of rotatable bonds is 7. The van der Waals surface area contributed by atoms with Gasteiger partial charge in [-0.2, -0.15) is 4.68 Å². The summed E-state index contributed by atoms with van der Waals surface area (Å²) in [5, 5.41) is 16.2. The van der Waals surface area contributed by atoms with Crippen molar-refractivity contribution in [2.75, 3.05) is 20.2 Å². The predicted molar refractivity (Wildman–Crippen MR) is 89.5 cm³/mol. The molecule has 0 aliphatic rings. The van der Waals surface area contributed by atoms with Crippen molar-refractivity contribution in [3.8, 4) is 23.8 Å². The highest BCUT2D eigenvalue weighted by Crippen LogP contribution is 2.29. The molecule has 130 valence electrons. The number of methoxy groups -OCH3 is 1. The predicted octanol–water partition coefficient (Wildman–Crippen LogP) is 0.194. The topological polar surface area (TPSA) is 111 Å². The minimum Gasteiger partial charge on any atom is -0.496 e. The summed E-state index contributed by atoms with van der Waals surface area (Å²) in [6.45, 7) is 0.291. The van der Waals surface area contributed by atoms with E-state index in [-0.39, 0.29) is 36.0 Å². The molecule has 0 bridgehead atoms. The monoisotopic (exact) mass is 362 g/mol. The number of amides is 2. The van der Waals surface area contributed by atoms with Gasteiger partial charge in [0, 0.05) is 19.0 Å². The van der Waals surface area contributed by atoms with Crippen molar-refractivity contribution in [1.29, 1.82) is 0 Å². The number of carbonyl (C=O) groups excluding carboxylic acids is 2. The van der Waals surface area contributed by atoms with E-state index in [1.807, 2.05) is 0 Å². The molecule has 1 heterocycles. The lowest BCUT2D eigenvalue weighted by Crippen LogP contribution is -2.31. The number of carbonyl (C=O) groups is 2. The molecular formula is C15H15ClN6O3. The summed E-state index contributed by atoms with van der Waals surface area (Å²) < 4.78 is 6.59. The molecule has 0 saturated carbocycles. The van der Waals surface area contributed by atoms with Crippen molar-refractivity contribution in [2.45, 2.75) is 6.42 Å². The van der Waals surface area contributed by atoms with Gasteiger partial charge in [-0.15, -0.1) is 11.5 Å². The third-order valence-electron chi connectivity index (χ3n) is 3.13. The lowest BCUT2D eigenvalue weighted by Gasteiger charge is -2.12. The van der Waals surface area contributed by atoms with E-state index < -0.39 is 5.91 Å². The second-order valence-electron chi connectivity index (χ2n) is 4.75. The van der Waals surface area contributed by atoms with Crippen LogP contribution in [0.25, 0.3) is 5.69 Å². The zero-order valence-electron chi connectivity index (χ0n) is 13.3. The Kier molecular flexibility index (Phi) is 6.31. The maximum atomic E-state index is 12.3. The number of hydrogen-bond donors (Lipinski definition) is 2. The fourth-order valence-corrected chi connectivity index (χ4v) is 2.21. The van der Waals surface area contributed by atoms with Crippen molar-refractivity contribution in [3.63, 3.8) is 0 Å². The number of tetrazole rings is 1. The average Bonchev–Trinajstić information content (AvgIpc) is 3.13. The Morgan fingerprint density at radius 1 is 1.40 bits per heavy atom. The van der Waals surface area contributed by atoms with Crippen LogP contribution in [-0.2, 0) is 4.79 Å². The summed E-state index contributed by atoms with van der Waals surface area (Å²) in [6.07, 6.45) is 6.52. The lowest BCUT2D eigenvalue weighted by molar-refractivity contribution is -0.120. The van der Waals surface area contributed by atoms with Crippen LogP contribution in [0.15, 0.2) is 18.5 Å². The number of aromatic nitrogens is 4. The molecule has 0 aliphatic carbocycles. The molecule has 0 atom stereocenters. The maximum Gasteiger partial charge on any atom is 0.255 e. The van der Waals surface area contributed by atoms with Crippen molar-refractivity contribution < 1.29 is 14.3 Å². The van der Waals surface area contributed by atoms with Crippen molar-refractivity contribution >= 4 is 23.4 Å². The van der Waals surface area contributed by atoms with Gasteiger partial charge >= 0.3 is 0 Å². The Hall–Kier alpha value is -3.12. The summed E-state index contributed by atoms with van der Waals surface area (Å²) in [5.41, 5.74) is 0.696. The van der Waals surface area contributed by atoms with Gasteiger partial charge in [0.1, 0.15) is 12.1 Å². The number of halogens is 1. The summed E-state index contributed by atoms with van der Waals surface area (Å²) in [4.78, 5) is 23.8. The second-order valence-corrected chi connectivity index (χ2v) is 5.15. The first-order valence-corrected chi connectivity index (χ1v) is 7.54. The van der Waals surface area contributed by atoms with Gasteiger partial charge in [0.15, 0.2) is 0 Å². The number of hydrogen-bond acceptors (Lipinski definition) is 6. The molecule has 25 heavy (non-hydrogen) atoms. The van der Waals surface area contributed by atoms with Crippen LogP contribution in [0, 0.1) is 12.3 Å². The number of nitrogens with zero attached hydrogens (tertiary/aromatic N) is 4. The van der Waals surface area contributed by atoms with E-state index in [1.165, 1.54) is 24.2 Å². The molecule has 0 spiro atoms.